The summed E-state index contributed by atoms with van der Waals surface area (Å²) in [5.74, 6) is 0.0218. The van der Waals surface area contributed by atoms with Crippen LogP contribution in [0.1, 0.15) is 28.7 Å². The molecule has 1 N–H and O–H groups in total. The van der Waals surface area contributed by atoms with Gasteiger partial charge in [0.2, 0.25) is 5.91 Å². The maximum atomic E-state index is 12.3. The van der Waals surface area contributed by atoms with Gasteiger partial charge in [-0.2, -0.15) is 16.4 Å². The largest absolute Gasteiger partial charge is 0.346 e. The number of thiophene rings is 1. The van der Waals surface area contributed by atoms with Gasteiger partial charge in [0.05, 0.1) is 11.7 Å². The minimum Gasteiger partial charge on any atom is -0.346 e. The molecule has 0 aliphatic rings. The number of aryl methyl sites for hydroxylation is 2. The summed E-state index contributed by atoms with van der Waals surface area (Å²) in [7, 11) is 0. The number of nitrogens with zero attached hydrogens (tertiary/aromatic N) is 3. The van der Waals surface area contributed by atoms with Gasteiger partial charge in [-0.05, 0) is 35.4 Å². The molecule has 0 aliphatic heterocycles. The molecule has 3 aromatic heterocycles. The molecule has 0 aromatic carbocycles. The number of nitrogens with one attached hydrogen (secondary N) is 1. The second kappa shape index (κ2) is 7.52. The zero-order valence-electron chi connectivity index (χ0n) is 12.8. The summed E-state index contributed by atoms with van der Waals surface area (Å²) in [6.07, 6.45) is 4.85. The lowest BCUT2D eigenvalue weighted by molar-refractivity contribution is -0.122. The van der Waals surface area contributed by atoms with E-state index in [1.54, 1.807) is 33.6 Å². The van der Waals surface area contributed by atoms with E-state index in [1.807, 2.05) is 24.6 Å². The van der Waals surface area contributed by atoms with E-state index in [0.29, 0.717) is 13.0 Å². The van der Waals surface area contributed by atoms with Crippen molar-refractivity contribution in [1.82, 2.24) is 20.1 Å². The Kier molecular flexibility index (Phi) is 5.19. The third-order valence-corrected chi connectivity index (χ3v) is 5.07. The van der Waals surface area contributed by atoms with Crippen LogP contribution in [0.3, 0.4) is 0 Å². The normalized spacial score (nSPS) is 12.2. The SMILES string of the molecule is Cc1ccn(CCC(=O)NC(Cc2ccsc2)c2nccs2)n1. The lowest BCUT2D eigenvalue weighted by Crippen LogP contribution is -2.30. The summed E-state index contributed by atoms with van der Waals surface area (Å²) in [4.78, 5) is 16.6. The molecule has 3 heterocycles. The number of hydrogen-bond acceptors (Lipinski definition) is 5. The number of hydrogen-bond donors (Lipinski definition) is 1. The van der Waals surface area contributed by atoms with Crippen molar-refractivity contribution in [2.24, 2.45) is 0 Å². The van der Waals surface area contributed by atoms with Crippen molar-refractivity contribution in [1.29, 1.82) is 0 Å². The van der Waals surface area contributed by atoms with Crippen LogP contribution in [0.4, 0.5) is 0 Å². The molecule has 23 heavy (non-hydrogen) atoms. The van der Waals surface area contributed by atoms with Crippen molar-refractivity contribution in [3.05, 3.63) is 56.9 Å². The average Bonchev–Trinajstić information content (AvgIpc) is 3.27. The molecule has 0 aliphatic carbocycles. The predicted molar refractivity (Wildman–Crippen MR) is 92.6 cm³/mol. The number of thiazole rings is 1. The second-order valence-electron chi connectivity index (χ2n) is 5.30. The van der Waals surface area contributed by atoms with Crippen LogP contribution < -0.4 is 5.32 Å². The summed E-state index contributed by atoms with van der Waals surface area (Å²) in [5.41, 5.74) is 2.18. The highest BCUT2D eigenvalue weighted by Gasteiger charge is 2.18. The van der Waals surface area contributed by atoms with Crippen LogP contribution in [-0.4, -0.2) is 20.7 Å². The number of amides is 1. The van der Waals surface area contributed by atoms with Crippen molar-refractivity contribution in [3.63, 3.8) is 0 Å². The van der Waals surface area contributed by atoms with Gasteiger partial charge in [0.25, 0.3) is 0 Å². The Balaban J connectivity index is 1.60. The van der Waals surface area contributed by atoms with E-state index in [9.17, 15) is 4.79 Å². The Labute approximate surface area is 143 Å². The first kappa shape index (κ1) is 15.9. The van der Waals surface area contributed by atoms with E-state index in [2.05, 4.69) is 32.2 Å². The molecule has 1 atom stereocenters. The van der Waals surface area contributed by atoms with Gasteiger partial charge < -0.3 is 5.32 Å². The molecule has 0 saturated heterocycles. The third kappa shape index (κ3) is 4.49. The Bertz CT molecular complexity index is 734. The Morgan fingerprint density at radius 3 is 2.96 bits per heavy atom. The first-order valence-corrected chi connectivity index (χ1v) is 9.23. The number of carbonyl (C=O) groups excluding carboxylic acids is 1. The fourth-order valence-corrected chi connectivity index (χ4v) is 3.69. The van der Waals surface area contributed by atoms with Crippen molar-refractivity contribution in [3.8, 4) is 0 Å². The highest BCUT2D eigenvalue weighted by atomic mass is 32.1. The fraction of sp³-hybridized carbons (Fsp3) is 0.312. The molecular weight excluding hydrogens is 328 g/mol. The summed E-state index contributed by atoms with van der Waals surface area (Å²) >= 11 is 3.24. The molecule has 0 spiro atoms. The molecule has 0 saturated carbocycles. The van der Waals surface area contributed by atoms with Crippen LogP contribution in [0.2, 0.25) is 0 Å². The fourth-order valence-electron chi connectivity index (χ4n) is 2.32. The van der Waals surface area contributed by atoms with Gasteiger partial charge in [-0.1, -0.05) is 0 Å². The van der Waals surface area contributed by atoms with E-state index in [0.717, 1.165) is 17.1 Å². The molecule has 0 radical (unpaired) electrons. The number of aromatic nitrogens is 3. The highest BCUT2D eigenvalue weighted by Crippen LogP contribution is 2.22. The van der Waals surface area contributed by atoms with E-state index >= 15 is 0 Å². The minimum atomic E-state index is -0.0727. The number of rotatable bonds is 7. The molecule has 3 rings (SSSR count). The molecular formula is C16H18N4OS2. The lowest BCUT2D eigenvalue weighted by Gasteiger charge is -2.16. The quantitative estimate of drug-likeness (QED) is 0.715. The maximum Gasteiger partial charge on any atom is 0.222 e. The smallest absolute Gasteiger partial charge is 0.222 e. The molecule has 0 fully saturated rings. The monoisotopic (exact) mass is 346 g/mol. The minimum absolute atomic E-state index is 0.0218. The average molecular weight is 346 g/mol. The third-order valence-electron chi connectivity index (χ3n) is 3.45. The Hall–Kier alpha value is -1.99. The van der Waals surface area contributed by atoms with Crippen LogP contribution in [0, 0.1) is 6.92 Å². The number of carbonyl (C=O) groups is 1. The van der Waals surface area contributed by atoms with Gasteiger partial charge in [0, 0.05) is 37.2 Å². The van der Waals surface area contributed by atoms with E-state index in [4.69, 9.17) is 0 Å². The van der Waals surface area contributed by atoms with E-state index < -0.39 is 0 Å². The second-order valence-corrected chi connectivity index (χ2v) is 7.00. The topological polar surface area (TPSA) is 59.8 Å². The summed E-state index contributed by atoms with van der Waals surface area (Å²) in [6.45, 7) is 2.53. The summed E-state index contributed by atoms with van der Waals surface area (Å²) < 4.78 is 1.80. The molecule has 5 nitrogen and oxygen atoms in total. The maximum absolute atomic E-state index is 12.3. The van der Waals surface area contributed by atoms with Crippen molar-refractivity contribution >= 4 is 28.6 Å². The summed E-state index contributed by atoms with van der Waals surface area (Å²) in [5, 5.41) is 14.5. The molecule has 1 unspecified atom stereocenters. The van der Waals surface area contributed by atoms with E-state index in [-0.39, 0.29) is 11.9 Å². The molecule has 7 heteroatoms. The lowest BCUT2D eigenvalue weighted by atomic mass is 10.1. The van der Waals surface area contributed by atoms with Gasteiger partial charge in [-0.15, -0.1) is 11.3 Å². The zero-order chi connectivity index (χ0) is 16.1. The first-order chi connectivity index (χ1) is 11.2. The van der Waals surface area contributed by atoms with Crippen molar-refractivity contribution < 1.29 is 4.79 Å². The van der Waals surface area contributed by atoms with Gasteiger partial charge in [-0.25, -0.2) is 4.98 Å². The van der Waals surface area contributed by atoms with Gasteiger partial charge in [-0.3, -0.25) is 9.48 Å². The summed E-state index contributed by atoms with van der Waals surface area (Å²) in [6, 6.07) is 3.95. The molecule has 0 bridgehead atoms. The molecule has 3 aromatic rings. The highest BCUT2D eigenvalue weighted by molar-refractivity contribution is 7.09. The van der Waals surface area contributed by atoms with Gasteiger partial charge in [0.1, 0.15) is 5.01 Å². The van der Waals surface area contributed by atoms with Crippen LogP contribution in [0.25, 0.3) is 0 Å². The van der Waals surface area contributed by atoms with Crippen LogP contribution in [0.5, 0.6) is 0 Å². The van der Waals surface area contributed by atoms with Gasteiger partial charge >= 0.3 is 0 Å². The van der Waals surface area contributed by atoms with Crippen molar-refractivity contribution in [2.75, 3.05) is 0 Å². The first-order valence-electron chi connectivity index (χ1n) is 7.40. The van der Waals surface area contributed by atoms with Crippen LogP contribution >= 0.6 is 22.7 Å². The Morgan fingerprint density at radius 1 is 1.39 bits per heavy atom. The Morgan fingerprint density at radius 2 is 2.30 bits per heavy atom. The molecule has 1 amide bonds. The van der Waals surface area contributed by atoms with Gasteiger partial charge in [0.15, 0.2) is 0 Å². The van der Waals surface area contributed by atoms with Crippen LogP contribution in [-0.2, 0) is 17.8 Å². The molecule has 120 valence electrons. The standard InChI is InChI=1S/C16H18N4OS2/c1-12-2-6-20(19-12)7-3-15(21)18-14(16-17-5-9-23-16)10-13-4-8-22-11-13/h2,4-6,8-9,11,14H,3,7,10H2,1H3,(H,18,21). The van der Waals surface area contributed by atoms with Crippen molar-refractivity contribution in [2.45, 2.75) is 32.4 Å². The zero-order valence-corrected chi connectivity index (χ0v) is 14.4. The van der Waals surface area contributed by atoms with Crippen LogP contribution in [0.15, 0.2) is 40.7 Å². The predicted octanol–water partition coefficient (Wildman–Crippen LogP) is 3.20. The van der Waals surface area contributed by atoms with E-state index in [1.165, 1.54) is 5.56 Å².